The minimum Gasteiger partial charge on any atom is -0.0617 e. The van der Waals surface area contributed by atoms with Gasteiger partial charge in [-0.05, 0) is 17.2 Å². The molecule has 0 atom stereocenters. The SMILES string of the molecule is c1ccc(-c2ccc3oc4ccc(-c5c6ccccc6c(-c6ccc7c(c6)[se]c6ccc(-c8c9ccccc9c(-c9ccccc9)c9ccccc89)cc67)c6ccccc56)cc4c3c2)cc1. The van der Waals surface area contributed by atoms with Crippen molar-refractivity contribution in [1.29, 1.82) is 0 Å². The van der Waals surface area contributed by atoms with Crippen LogP contribution >= 0.6 is 0 Å². The van der Waals surface area contributed by atoms with Crippen molar-refractivity contribution in [3.05, 3.63) is 231 Å². The molecule has 12 aromatic carbocycles. The Morgan fingerprint density at radius 2 is 0.576 bits per heavy atom. The van der Waals surface area contributed by atoms with E-state index in [4.69, 9.17) is 4.42 Å². The van der Waals surface area contributed by atoms with Gasteiger partial charge >= 0.3 is 336 Å². The molecule has 0 amide bonds. The number of rotatable bonds is 5. The number of hydrogen-bond donors (Lipinski definition) is 0. The van der Waals surface area contributed by atoms with Crippen LogP contribution in [0.4, 0.5) is 0 Å². The molecule has 66 heavy (non-hydrogen) atoms. The Labute approximate surface area is 387 Å². The van der Waals surface area contributed by atoms with Crippen molar-refractivity contribution >= 4 is 98.8 Å². The summed E-state index contributed by atoms with van der Waals surface area (Å²) in [6.07, 6.45) is 0. The Bertz CT molecular complexity index is 4160. The molecule has 0 aliphatic heterocycles. The van der Waals surface area contributed by atoms with E-state index >= 15 is 0 Å². The van der Waals surface area contributed by atoms with Gasteiger partial charge < -0.3 is 0 Å². The predicted octanol–water partition coefficient (Wildman–Crippen LogP) is 17.9. The third-order valence-corrected chi connectivity index (χ3v) is 16.2. The summed E-state index contributed by atoms with van der Waals surface area (Å²) in [4.78, 5) is 0. The zero-order valence-electron chi connectivity index (χ0n) is 35.8. The van der Waals surface area contributed by atoms with Crippen molar-refractivity contribution in [1.82, 2.24) is 0 Å². The van der Waals surface area contributed by atoms with Crippen LogP contribution in [-0.4, -0.2) is 14.5 Å². The summed E-state index contributed by atoms with van der Waals surface area (Å²) in [6, 6.07) is 85.2. The van der Waals surface area contributed by atoms with Crippen LogP contribution in [-0.2, 0) is 0 Å². The average molecular weight is 902 g/mol. The standard InChI is InChI=1S/C64H38OSe/c1-3-15-39(16-4-1)41-28-32-57-54(35-41)55-36-42(29-33-58(55)65-57)62-50-23-11-13-25-52(50)64(53-26-14-12-24-51(53)62)44-27-31-45-56-37-43(30-34-59(56)66-60(45)38-44)63-48-21-9-7-19-46(48)61(40-17-5-2-6-18-40)47-20-8-10-22-49(47)63/h1-38H. The number of fused-ring (bicyclic) bond motifs is 10. The van der Waals surface area contributed by atoms with Gasteiger partial charge in [-0.15, -0.1) is 0 Å². The van der Waals surface area contributed by atoms with Crippen molar-refractivity contribution < 1.29 is 4.42 Å². The van der Waals surface area contributed by atoms with E-state index in [1.807, 2.05) is 0 Å². The molecule has 0 unspecified atom stereocenters. The van der Waals surface area contributed by atoms with Crippen LogP contribution in [0.1, 0.15) is 0 Å². The summed E-state index contributed by atoms with van der Waals surface area (Å²) in [5, 5.41) is 15.1. The Morgan fingerprint density at radius 1 is 0.212 bits per heavy atom. The Kier molecular flexibility index (Phi) is 8.37. The molecule has 14 aromatic rings. The van der Waals surface area contributed by atoms with Crippen molar-refractivity contribution in [2.45, 2.75) is 0 Å². The molecule has 0 N–H and O–H groups in total. The Hall–Kier alpha value is -8.00. The average Bonchev–Trinajstić information content (AvgIpc) is 3.94. The van der Waals surface area contributed by atoms with E-state index in [1.54, 1.807) is 0 Å². The number of benzene rings is 12. The second-order valence-electron chi connectivity index (χ2n) is 17.5. The molecule has 2 aromatic heterocycles. The zero-order chi connectivity index (χ0) is 43.3. The van der Waals surface area contributed by atoms with Gasteiger partial charge in [0.15, 0.2) is 0 Å². The molecular weight excluding hydrogens is 864 g/mol. The van der Waals surface area contributed by atoms with Gasteiger partial charge in [-0.2, -0.15) is 0 Å². The molecule has 0 fully saturated rings. The summed E-state index contributed by atoms with van der Waals surface area (Å²) in [6.45, 7) is 0. The van der Waals surface area contributed by atoms with Gasteiger partial charge in [0.25, 0.3) is 0 Å². The van der Waals surface area contributed by atoms with E-state index in [2.05, 4.69) is 231 Å². The second-order valence-corrected chi connectivity index (χ2v) is 19.7. The van der Waals surface area contributed by atoms with Crippen LogP contribution in [0.3, 0.4) is 0 Å². The predicted molar refractivity (Wildman–Crippen MR) is 283 cm³/mol. The molecule has 2 heterocycles. The summed E-state index contributed by atoms with van der Waals surface area (Å²) in [7, 11) is 0. The molecule has 1 nitrogen and oxygen atoms in total. The summed E-state index contributed by atoms with van der Waals surface area (Å²) in [5.74, 6) is 0. The molecule has 2 heteroatoms. The molecule has 0 saturated carbocycles. The van der Waals surface area contributed by atoms with Crippen molar-refractivity contribution in [3.63, 3.8) is 0 Å². The smallest absolute Gasteiger partial charge is 0.0617 e. The maximum atomic E-state index is 6.43. The maximum absolute atomic E-state index is 6.43. The molecule has 0 aliphatic rings. The van der Waals surface area contributed by atoms with E-state index < -0.39 is 0 Å². The topological polar surface area (TPSA) is 13.1 Å². The van der Waals surface area contributed by atoms with E-state index in [9.17, 15) is 0 Å². The normalized spacial score (nSPS) is 11.9. The van der Waals surface area contributed by atoms with E-state index in [1.165, 1.54) is 118 Å². The summed E-state index contributed by atoms with van der Waals surface area (Å²) in [5.41, 5.74) is 14.3. The van der Waals surface area contributed by atoms with Gasteiger partial charge in [-0.25, -0.2) is 0 Å². The fourth-order valence-electron chi connectivity index (χ4n) is 10.9. The molecule has 14 rings (SSSR count). The molecule has 0 radical (unpaired) electrons. The molecule has 0 bridgehead atoms. The van der Waals surface area contributed by atoms with E-state index in [-0.39, 0.29) is 14.5 Å². The van der Waals surface area contributed by atoms with Gasteiger partial charge in [0, 0.05) is 0 Å². The third-order valence-electron chi connectivity index (χ3n) is 13.8. The fourth-order valence-corrected chi connectivity index (χ4v) is 13.3. The Balaban J connectivity index is 0.930. The van der Waals surface area contributed by atoms with Crippen LogP contribution in [0.25, 0.3) is 140 Å². The first kappa shape index (κ1) is 37.4. The van der Waals surface area contributed by atoms with Crippen molar-refractivity contribution in [2.75, 3.05) is 0 Å². The van der Waals surface area contributed by atoms with E-state index in [0.29, 0.717) is 0 Å². The summed E-state index contributed by atoms with van der Waals surface area (Å²) < 4.78 is 9.31. The van der Waals surface area contributed by atoms with Crippen LogP contribution in [0, 0.1) is 0 Å². The van der Waals surface area contributed by atoms with Crippen LogP contribution in [0.15, 0.2) is 235 Å². The molecular formula is C64H38OSe. The van der Waals surface area contributed by atoms with Gasteiger partial charge in [0.1, 0.15) is 0 Å². The minimum absolute atomic E-state index is 0.176. The first-order valence-corrected chi connectivity index (χ1v) is 24.4. The number of furan rings is 1. The third kappa shape index (κ3) is 5.73. The number of hydrogen-bond acceptors (Lipinski definition) is 1. The van der Waals surface area contributed by atoms with Gasteiger partial charge in [-0.1, -0.05) is 36.4 Å². The van der Waals surface area contributed by atoms with Gasteiger partial charge in [-0.3, -0.25) is 0 Å². The first-order chi connectivity index (χ1) is 32.7. The molecule has 0 saturated heterocycles. The fraction of sp³-hybridized carbons (Fsp3) is 0. The molecule has 0 spiro atoms. The molecule has 0 aliphatic carbocycles. The van der Waals surface area contributed by atoms with Crippen molar-refractivity contribution in [3.8, 4) is 55.6 Å². The van der Waals surface area contributed by atoms with Crippen molar-refractivity contribution in [2.24, 2.45) is 0 Å². The monoisotopic (exact) mass is 902 g/mol. The molecule has 306 valence electrons. The minimum atomic E-state index is 0.176. The van der Waals surface area contributed by atoms with Crippen LogP contribution in [0.2, 0.25) is 0 Å². The van der Waals surface area contributed by atoms with Crippen LogP contribution < -0.4 is 0 Å². The quantitative estimate of drug-likeness (QED) is 0.124. The summed E-state index contributed by atoms with van der Waals surface area (Å²) >= 11 is 0.176. The zero-order valence-corrected chi connectivity index (χ0v) is 37.5. The van der Waals surface area contributed by atoms with Gasteiger partial charge in [0.2, 0.25) is 0 Å². The second kappa shape index (κ2) is 14.8. The Morgan fingerprint density at radius 3 is 1.08 bits per heavy atom. The van der Waals surface area contributed by atoms with Crippen LogP contribution in [0.5, 0.6) is 0 Å². The van der Waals surface area contributed by atoms with Gasteiger partial charge in [0.05, 0.1) is 0 Å². The van der Waals surface area contributed by atoms with E-state index in [0.717, 1.165) is 21.9 Å². The first-order valence-electron chi connectivity index (χ1n) is 22.6.